The zero-order valence-corrected chi connectivity index (χ0v) is 19.3. The van der Waals surface area contributed by atoms with E-state index in [1.54, 1.807) is 35.2 Å². The van der Waals surface area contributed by atoms with Crippen molar-refractivity contribution in [2.24, 2.45) is 0 Å². The number of hydrogen-bond donors (Lipinski definition) is 2. The van der Waals surface area contributed by atoms with Gasteiger partial charge in [-0.15, -0.1) is 0 Å². The minimum Gasteiger partial charge on any atom is -0.341 e. The van der Waals surface area contributed by atoms with Gasteiger partial charge in [-0.1, -0.05) is 29.8 Å². The molecule has 11 heteroatoms. The van der Waals surface area contributed by atoms with E-state index in [0.717, 1.165) is 19.3 Å². The maximum absolute atomic E-state index is 13.5. The predicted octanol–water partition coefficient (Wildman–Crippen LogP) is 4.25. The number of aromatic amines is 1. The van der Waals surface area contributed by atoms with Gasteiger partial charge in [0.1, 0.15) is 12.4 Å². The Morgan fingerprint density at radius 1 is 1.03 bits per heavy atom. The van der Waals surface area contributed by atoms with Crippen LogP contribution in [0.1, 0.15) is 40.1 Å². The number of nitrogens with zero attached hydrogens (tertiary/aromatic N) is 3. The molecule has 182 valence electrons. The molecule has 3 aromatic rings. The van der Waals surface area contributed by atoms with Crippen LogP contribution in [-0.4, -0.2) is 52.5 Å². The molecule has 1 fully saturated rings. The predicted molar refractivity (Wildman–Crippen MR) is 126 cm³/mol. The molecule has 4 rings (SSSR count). The van der Waals surface area contributed by atoms with Crippen LogP contribution in [-0.2, 0) is 4.79 Å². The van der Waals surface area contributed by atoms with Crippen LogP contribution < -0.4 is 10.2 Å². The summed E-state index contributed by atoms with van der Waals surface area (Å²) in [4.78, 5) is 41.7. The SMILES string of the molecule is O=C(Nc1cc(C(=O)N(CC(=O)N2CCCCC2)c2ccccc2)n[nH]1)c1cc(F)c(F)cc1Cl. The fourth-order valence-corrected chi connectivity index (χ4v) is 4.02. The monoisotopic (exact) mass is 501 g/mol. The van der Waals surface area contributed by atoms with Crippen LogP contribution in [0, 0.1) is 11.6 Å². The van der Waals surface area contributed by atoms with E-state index in [2.05, 4.69) is 15.5 Å². The number of benzene rings is 2. The van der Waals surface area contributed by atoms with Crippen molar-refractivity contribution < 1.29 is 23.2 Å². The second kappa shape index (κ2) is 10.6. The zero-order valence-electron chi connectivity index (χ0n) is 18.6. The molecule has 0 radical (unpaired) electrons. The molecule has 0 bridgehead atoms. The van der Waals surface area contributed by atoms with Crippen LogP contribution in [0.3, 0.4) is 0 Å². The Morgan fingerprint density at radius 3 is 2.43 bits per heavy atom. The van der Waals surface area contributed by atoms with Gasteiger partial charge in [-0.3, -0.25) is 24.4 Å². The summed E-state index contributed by atoms with van der Waals surface area (Å²) >= 11 is 5.85. The number of rotatable bonds is 6. The van der Waals surface area contributed by atoms with Crippen molar-refractivity contribution in [3.05, 3.63) is 76.4 Å². The lowest BCUT2D eigenvalue weighted by molar-refractivity contribution is -0.130. The van der Waals surface area contributed by atoms with Crippen molar-refractivity contribution in [2.75, 3.05) is 29.9 Å². The van der Waals surface area contributed by atoms with Gasteiger partial charge in [0.05, 0.1) is 10.6 Å². The number of anilines is 2. The first-order chi connectivity index (χ1) is 16.8. The molecule has 1 saturated heterocycles. The maximum Gasteiger partial charge on any atom is 0.279 e. The van der Waals surface area contributed by atoms with Gasteiger partial charge in [0, 0.05) is 24.8 Å². The standard InChI is InChI=1S/C24H22ClF2N5O3/c25-17-12-19(27)18(26)11-16(17)23(34)28-21-13-20(29-30-21)24(35)32(15-7-3-1-4-8-15)14-22(33)31-9-5-2-6-10-31/h1,3-4,7-8,11-13H,2,5-6,9-10,14H2,(H2,28,29,30,34). The van der Waals surface area contributed by atoms with Crippen molar-refractivity contribution in [3.8, 4) is 0 Å². The fraction of sp³-hybridized carbons (Fsp3) is 0.250. The highest BCUT2D eigenvalue weighted by Crippen LogP contribution is 2.22. The summed E-state index contributed by atoms with van der Waals surface area (Å²) < 4.78 is 26.8. The summed E-state index contributed by atoms with van der Waals surface area (Å²) in [6.07, 6.45) is 2.92. The van der Waals surface area contributed by atoms with E-state index in [-0.39, 0.29) is 34.5 Å². The van der Waals surface area contributed by atoms with Crippen molar-refractivity contribution >= 4 is 40.8 Å². The quantitative estimate of drug-likeness (QED) is 0.493. The van der Waals surface area contributed by atoms with E-state index < -0.39 is 23.4 Å². The van der Waals surface area contributed by atoms with Gasteiger partial charge in [-0.2, -0.15) is 5.10 Å². The lowest BCUT2D eigenvalue weighted by Gasteiger charge is -2.29. The molecule has 3 amide bonds. The van der Waals surface area contributed by atoms with E-state index >= 15 is 0 Å². The number of aromatic nitrogens is 2. The largest absolute Gasteiger partial charge is 0.341 e. The third-order valence-electron chi connectivity index (χ3n) is 5.61. The molecule has 2 heterocycles. The van der Waals surface area contributed by atoms with E-state index in [4.69, 9.17) is 11.6 Å². The zero-order chi connectivity index (χ0) is 24.9. The first kappa shape index (κ1) is 24.3. The number of halogens is 3. The Bertz CT molecular complexity index is 1250. The van der Waals surface area contributed by atoms with Gasteiger partial charge in [-0.25, -0.2) is 8.78 Å². The highest BCUT2D eigenvalue weighted by atomic mass is 35.5. The minimum atomic E-state index is -1.23. The van der Waals surface area contributed by atoms with Crippen LogP contribution >= 0.6 is 11.6 Å². The highest BCUT2D eigenvalue weighted by molar-refractivity contribution is 6.34. The van der Waals surface area contributed by atoms with Crippen molar-refractivity contribution in [2.45, 2.75) is 19.3 Å². The summed E-state index contributed by atoms with van der Waals surface area (Å²) in [7, 11) is 0. The molecule has 1 aliphatic rings. The molecule has 0 spiro atoms. The Kier molecular flexibility index (Phi) is 7.40. The molecule has 2 N–H and O–H groups in total. The molecule has 0 unspecified atom stereocenters. The Labute approximate surface area is 204 Å². The Hall–Kier alpha value is -3.79. The average molecular weight is 502 g/mol. The number of amides is 3. The lowest BCUT2D eigenvalue weighted by Crippen LogP contribution is -2.45. The molecule has 1 aromatic heterocycles. The second-order valence-electron chi connectivity index (χ2n) is 8.04. The molecule has 0 saturated carbocycles. The van der Waals surface area contributed by atoms with Gasteiger partial charge >= 0.3 is 0 Å². The Morgan fingerprint density at radius 2 is 1.71 bits per heavy atom. The summed E-state index contributed by atoms with van der Waals surface area (Å²) in [5, 5.41) is 8.62. The summed E-state index contributed by atoms with van der Waals surface area (Å²) in [5.41, 5.74) is 0.183. The molecule has 1 aliphatic heterocycles. The molecule has 0 aliphatic carbocycles. The van der Waals surface area contributed by atoms with E-state index in [1.165, 1.54) is 11.0 Å². The molecule has 2 aromatic carbocycles. The smallest absolute Gasteiger partial charge is 0.279 e. The van der Waals surface area contributed by atoms with Crippen molar-refractivity contribution in [1.82, 2.24) is 15.1 Å². The highest BCUT2D eigenvalue weighted by Gasteiger charge is 2.26. The molecule has 35 heavy (non-hydrogen) atoms. The van der Waals surface area contributed by atoms with Gasteiger partial charge in [-0.05, 0) is 43.5 Å². The van der Waals surface area contributed by atoms with Gasteiger partial charge in [0.15, 0.2) is 17.3 Å². The second-order valence-corrected chi connectivity index (χ2v) is 8.44. The number of nitrogens with one attached hydrogen (secondary N) is 2. The first-order valence-electron chi connectivity index (χ1n) is 11.0. The van der Waals surface area contributed by atoms with Gasteiger partial charge in [0.25, 0.3) is 11.8 Å². The Balaban J connectivity index is 1.52. The number of carbonyl (C=O) groups excluding carboxylic acids is 3. The number of H-pyrrole nitrogens is 1. The molecular weight excluding hydrogens is 480 g/mol. The average Bonchev–Trinajstić information content (AvgIpc) is 3.33. The van der Waals surface area contributed by atoms with Gasteiger partial charge < -0.3 is 10.2 Å². The number of carbonyl (C=O) groups is 3. The van der Waals surface area contributed by atoms with E-state index in [1.807, 2.05) is 0 Å². The van der Waals surface area contributed by atoms with Crippen LogP contribution in [0.25, 0.3) is 0 Å². The number of likely N-dealkylation sites (tertiary alicyclic amines) is 1. The number of piperidine rings is 1. The summed E-state index contributed by atoms with van der Waals surface area (Å²) in [6.45, 7) is 1.14. The normalized spacial score (nSPS) is 13.4. The summed E-state index contributed by atoms with van der Waals surface area (Å²) in [6, 6.07) is 11.4. The van der Waals surface area contributed by atoms with Crippen LogP contribution in [0.4, 0.5) is 20.3 Å². The third-order valence-corrected chi connectivity index (χ3v) is 5.93. The summed E-state index contributed by atoms with van der Waals surface area (Å²) in [5.74, 6) is -3.91. The molecular formula is C24H22ClF2N5O3. The van der Waals surface area contributed by atoms with Crippen molar-refractivity contribution in [3.63, 3.8) is 0 Å². The van der Waals surface area contributed by atoms with Crippen LogP contribution in [0.15, 0.2) is 48.5 Å². The topological polar surface area (TPSA) is 98.4 Å². The maximum atomic E-state index is 13.5. The third kappa shape index (κ3) is 5.65. The lowest BCUT2D eigenvalue weighted by atomic mass is 10.1. The van der Waals surface area contributed by atoms with E-state index in [0.29, 0.717) is 30.9 Å². The number of hydrogen-bond acceptors (Lipinski definition) is 4. The first-order valence-corrected chi connectivity index (χ1v) is 11.4. The van der Waals surface area contributed by atoms with Crippen molar-refractivity contribution in [1.29, 1.82) is 0 Å². The molecule has 8 nitrogen and oxygen atoms in total. The fourth-order valence-electron chi connectivity index (χ4n) is 3.79. The van der Waals surface area contributed by atoms with E-state index in [9.17, 15) is 23.2 Å². The number of para-hydroxylation sites is 1. The van der Waals surface area contributed by atoms with Crippen LogP contribution in [0.2, 0.25) is 5.02 Å². The molecule has 0 atom stereocenters. The van der Waals surface area contributed by atoms with Gasteiger partial charge in [0.2, 0.25) is 5.91 Å². The minimum absolute atomic E-state index is 0.0366. The van der Waals surface area contributed by atoms with Crippen LogP contribution in [0.5, 0.6) is 0 Å².